The van der Waals surface area contributed by atoms with Crippen molar-refractivity contribution < 1.29 is 9.72 Å². The van der Waals surface area contributed by atoms with E-state index in [9.17, 15) is 14.9 Å². The van der Waals surface area contributed by atoms with Gasteiger partial charge in [0.05, 0.1) is 28.2 Å². The van der Waals surface area contributed by atoms with Gasteiger partial charge in [0.1, 0.15) is 5.56 Å². The quantitative estimate of drug-likeness (QED) is 0.287. The van der Waals surface area contributed by atoms with E-state index in [4.69, 9.17) is 0 Å². The molecule has 0 atom stereocenters. The number of hydrogen-bond donors (Lipinski definition) is 1. The Kier molecular flexibility index (Phi) is 5.58. The molecule has 158 valence electrons. The number of non-ortho nitro benzene ring substituents is 1. The van der Waals surface area contributed by atoms with Gasteiger partial charge < -0.3 is 5.32 Å². The molecule has 0 aliphatic carbocycles. The molecule has 3 aromatic heterocycles. The number of nitrogens with zero attached hydrogens (tertiary/aromatic N) is 6. The number of benzene rings is 1. The second kappa shape index (κ2) is 8.19. The van der Waals surface area contributed by atoms with E-state index in [1.54, 1.807) is 10.7 Å². The molecule has 3 heterocycles. The zero-order valence-corrected chi connectivity index (χ0v) is 19.5. The van der Waals surface area contributed by atoms with E-state index in [1.807, 2.05) is 30.8 Å². The first-order chi connectivity index (χ1) is 14.8. The molecule has 0 aliphatic heterocycles. The van der Waals surface area contributed by atoms with E-state index >= 15 is 0 Å². The number of nitro benzene ring substituents is 1. The number of halogens is 2. The Hall–Kier alpha value is -3.12. The largest absolute Gasteiger partial charge is 0.320 e. The van der Waals surface area contributed by atoms with Gasteiger partial charge in [-0.1, -0.05) is 0 Å². The second-order valence-corrected chi connectivity index (χ2v) is 8.31. The van der Waals surface area contributed by atoms with Crippen molar-refractivity contribution in [3.05, 3.63) is 67.1 Å². The van der Waals surface area contributed by atoms with E-state index in [0.29, 0.717) is 20.3 Å². The first kappa shape index (κ1) is 21.1. The fourth-order valence-electron chi connectivity index (χ4n) is 3.15. The summed E-state index contributed by atoms with van der Waals surface area (Å²) in [5.41, 5.74) is 3.40. The topological polar surface area (TPSA) is 120 Å². The highest BCUT2D eigenvalue weighted by Gasteiger charge is 2.21. The highest BCUT2D eigenvalue weighted by atomic mass is 79.9. The zero-order valence-electron chi connectivity index (χ0n) is 16.3. The Bertz CT molecular complexity index is 1320. The van der Waals surface area contributed by atoms with Crippen molar-refractivity contribution in [2.75, 3.05) is 5.32 Å². The molecule has 0 saturated carbocycles. The zero-order chi connectivity index (χ0) is 22.3. The number of anilines is 1. The molecule has 0 fully saturated rings. The Morgan fingerprint density at radius 3 is 2.61 bits per heavy atom. The van der Waals surface area contributed by atoms with Gasteiger partial charge >= 0.3 is 0 Å². The number of aromatic nitrogens is 5. The normalized spacial score (nSPS) is 11.1. The predicted molar refractivity (Wildman–Crippen MR) is 121 cm³/mol. The summed E-state index contributed by atoms with van der Waals surface area (Å²) in [5.74, 6) is -0.448. The van der Waals surface area contributed by atoms with Crippen LogP contribution >= 0.6 is 31.9 Å². The lowest BCUT2D eigenvalue weighted by Gasteiger charge is -2.09. The van der Waals surface area contributed by atoms with Crippen LogP contribution in [-0.2, 0) is 6.54 Å². The van der Waals surface area contributed by atoms with Gasteiger partial charge in [0.25, 0.3) is 11.6 Å². The Balaban J connectivity index is 1.72. The monoisotopic (exact) mass is 547 g/mol. The Labute approximate surface area is 192 Å². The van der Waals surface area contributed by atoms with Crippen LogP contribution in [0.4, 0.5) is 11.4 Å². The number of carbonyl (C=O) groups is 1. The van der Waals surface area contributed by atoms with E-state index in [-0.39, 0.29) is 11.3 Å². The summed E-state index contributed by atoms with van der Waals surface area (Å²) in [5, 5.41) is 22.6. The van der Waals surface area contributed by atoms with Crippen LogP contribution in [0.5, 0.6) is 0 Å². The molecule has 0 aliphatic rings. The maximum absolute atomic E-state index is 13.0. The smallest absolute Gasteiger partial charge is 0.271 e. The van der Waals surface area contributed by atoms with Crippen molar-refractivity contribution >= 4 is 54.8 Å². The average Bonchev–Trinajstić information content (AvgIpc) is 3.33. The van der Waals surface area contributed by atoms with Gasteiger partial charge in [0.2, 0.25) is 0 Å². The maximum Gasteiger partial charge on any atom is 0.271 e. The molecule has 31 heavy (non-hydrogen) atoms. The van der Waals surface area contributed by atoms with Gasteiger partial charge in [0, 0.05) is 45.6 Å². The molecule has 10 nitrogen and oxygen atoms in total. The van der Waals surface area contributed by atoms with Crippen LogP contribution < -0.4 is 5.32 Å². The van der Waals surface area contributed by atoms with Crippen molar-refractivity contribution in [3.8, 4) is 11.3 Å². The molecular formula is C19H15Br2N7O3. The minimum Gasteiger partial charge on any atom is -0.320 e. The van der Waals surface area contributed by atoms with Crippen LogP contribution in [0.15, 0.2) is 45.7 Å². The Morgan fingerprint density at radius 1 is 1.29 bits per heavy atom. The maximum atomic E-state index is 13.0. The predicted octanol–water partition coefficient (Wildman–Crippen LogP) is 4.61. The van der Waals surface area contributed by atoms with Crippen molar-refractivity contribution in [3.63, 3.8) is 0 Å². The van der Waals surface area contributed by atoms with Gasteiger partial charge in [-0.15, -0.1) is 0 Å². The number of fused-ring (bicyclic) bond motifs is 1. The van der Waals surface area contributed by atoms with Crippen molar-refractivity contribution in [2.24, 2.45) is 0 Å². The molecule has 4 rings (SSSR count). The number of rotatable bonds is 5. The third-order valence-corrected chi connectivity index (χ3v) is 5.92. The number of nitro groups is 1. The molecular weight excluding hydrogens is 534 g/mol. The average molecular weight is 549 g/mol. The van der Waals surface area contributed by atoms with E-state index < -0.39 is 10.8 Å². The molecule has 0 unspecified atom stereocenters. The molecule has 0 radical (unpaired) electrons. The summed E-state index contributed by atoms with van der Waals surface area (Å²) in [7, 11) is 0. The lowest BCUT2D eigenvalue weighted by molar-refractivity contribution is -0.385. The molecule has 1 aromatic carbocycles. The fourth-order valence-corrected chi connectivity index (χ4v) is 4.51. The van der Waals surface area contributed by atoms with Gasteiger partial charge in [-0.25, -0.2) is 9.50 Å². The summed E-state index contributed by atoms with van der Waals surface area (Å²) in [4.78, 5) is 27.8. The van der Waals surface area contributed by atoms with Crippen molar-refractivity contribution in [2.45, 2.75) is 20.4 Å². The summed E-state index contributed by atoms with van der Waals surface area (Å²) in [6, 6.07) is 4.46. The van der Waals surface area contributed by atoms with Crippen molar-refractivity contribution in [1.29, 1.82) is 0 Å². The number of nitrogens with one attached hydrogen (secondary N) is 1. The SMILES string of the molecule is CCn1cc(-c2ccnc3c(C(=O)Nc4c(Br)cc([N+](=O)[O-])cc4Br)cnn23)c(C)n1. The first-order valence-electron chi connectivity index (χ1n) is 9.12. The number of carbonyl (C=O) groups excluding carboxylic acids is 1. The lowest BCUT2D eigenvalue weighted by atomic mass is 10.2. The van der Waals surface area contributed by atoms with E-state index in [1.165, 1.54) is 18.3 Å². The number of hydrogen-bond acceptors (Lipinski definition) is 6. The minimum absolute atomic E-state index is 0.109. The van der Waals surface area contributed by atoms with E-state index in [2.05, 4.69) is 52.4 Å². The number of aryl methyl sites for hydroxylation is 2. The van der Waals surface area contributed by atoms with Crippen LogP contribution in [0.1, 0.15) is 23.0 Å². The molecule has 0 bridgehead atoms. The van der Waals surface area contributed by atoms with Crippen LogP contribution in [-0.4, -0.2) is 35.2 Å². The van der Waals surface area contributed by atoms with Crippen LogP contribution in [0.3, 0.4) is 0 Å². The minimum atomic E-state index is -0.513. The molecule has 1 N–H and O–H groups in total. The van der Waals surface area contributed by atoms with Gasteiger partial charge in [-0.2, -0.15) is 10.2 Å². The fraction of sp³-hybridized carbons (Fsp3) is 0.158. The third-order valence-electron chi connectivity index (χ3n) is 4.67. The van der Waals surface area contributed by atoms with Crippen LogP contribution in [0.25, 0.3) is 16.9 Å². The first-order valence-corrected chi connectivity index (χ1v) is 10.7. The summed E-state index contributed by atoms with van der Waals surface area (Å²) in [6.45, 7) is 4.65. The lowest BCUT2D eigenvalue weighted by Crippen LogP contribution is -2.13. The number of amides is 1. The summed E-state index contributed by atoms with van der Waals surface area (Å²) >= 11 is 6.54. The standard InChI is InChI=1S/C19H15Br2N7O3/c1-3-26-9-13(10(2)25-26)16-4-5-22-18-12(8-23-27(16)18)19(29)24-17-14(20)6-11(28(30)31)7-15(17)21/h4-9H,3H2,1-2H3,(H,24,29). The summed E-state index contributed by atoms with van der Waals surface area (Å²) in [6.07, 6.45) is 4.98. The molecule has 4 aromatic rings. The summed E-state index contributed by atoms with van der Waals surface area (Å²) < 4.78 is 4.17. The second-order valence-electron chi connectivity index (χ2n) is 6.60. The van der Waals surface area contributed by atoms with Crippen LogP contribution in [0, 0.1) is 17.0 Å². The molecule has 1 amide bonds. The Morgan fingerprint density at radius 2 is 2.00 bits per heavy atom. The highest BCUT2D eigenvalue weighted by molar-refractivity contribution is 9.11. The molecule has 0 spiro atoms. The van der Waals surface area contributed by atoms with Crippen LogP contribution in [0.2, 0.25) is 0 Å². The van der Waals surface area contributed by atoms with E-state index in [0.717, 1.165) is 23.5 Å². The van der Waals surface area contributed by atoms with Gasteiger partial charge in [0.15, 0.2) is 5.65 Å². The third kappa shape index (κ3) is 3.83. The van der Waals surface area contributed by atoms with Crippen molar-refractivity contribution in [1.82, 2.24) is 24.4 Å². The highest BCUT2D eigenvalue weighted by Crippen LogP contribution is 2.35. The molecule has 12 heteroatoms. The van der Waals surface area contributed by atoms with Gasteiger partial charge in [-0.3, -0.25) is 19.6 Å². The van der Waals surface area contributed by atoms with Gasteiger partial charge in [-0.05, 0) is 51.8 Å². The molecule has 0 saturated heterocycles.